The smallest absolute Gasteiger partial charge is 0.258 e. The Labute approximate surface area is 181 Å². The molecule has 0 aliphatic carbocycles. The van der Waals surface area contributed by atoms with E-state index < -0.39 is 24.1 Å². The summed E-state index contributed by atoms with van der Waals surface area (Å²) in [7, 11) is 0. The van der Waals surface area contributed by atoms with Gasteiger partial charge in [-0.3, -0.25) is 14.4 Å². The highest BCUT2D eigenvalue weighted by Gasteiger charge is 2.39. The van der Waals surface area contributed by atoms with Gasteiger partial charge in [-0.25, -0.2) is 4.90 Å². The van der Waals surface area contributed by atoms with E-state index in [1.165, 1.54) is 6.21 Å². The Morgan fingerprint density at radius 3 is 2.67 bits per heavy atom. The first-order valence-corrected chi connectivity index (χ1v) is 9.80. The van der Waals surface area contributed by atoms with Crippen molar-refractivity contribution in [1.29, 1.82) is 0 Å². The number of benzene rings is 2. The Morgan fingerprint density at radius 1 is 1.13 bits per heavy atom. The van der Waals surface area contributed by atoms with Gasteiger partial charge in [-0.1, -0.05) is 48.0 Å². The van der Waals surface area contributed by atoms with Crippen molar-refractivity contribution in [3.8, 4) is 0 Å². The third kappa shape index (κ3) is 3.74. The van der Waals surface area contributed by atoms with Crippen molar-refractivity contribution in [1.82, 2.24) is 14.9 Å². The van der Waals surface area contributed by atoms with Crippen molar-refractivity contribution >= 4 is 63.8 Å². The molecule has 9 heteroatoms. The minimum Gasteiger partial charge on any atom is -0.361 e. The first kappa shape index (κ1) is 19.9. The maximum Gasteiger partial charge on any atom is 0.258 e. The van der Waals surface area contributed by atoms with Gasteiger partial charge in [-0.15, -0.1) is 0 Å². The number of nitrogens with one attached hydrogen (secondary N) is 1. The van der Waals surface area contributed by atoms with Crippen LogP contribution in [0.25, 0.3) is 10.9 Å². The fraction of sp³-hybridized carbons (Fsp3) is 0.0952. The predicted octanol–water partition coefficient (Wildman–Crippen LogP) is 3.27. The lowest BCUT2D eigenvalue weighted by Gasteiger charge is -2.30. The number of thiocarbonyl (C=S) groups is 1. The molecule has 1 fully saturated rings. The molecule has 0 bridgehead atoms. The molecule has 150 valence electrons. The van der Waals surface area contributed by atoms with Crippen LogP contribution in [0.3, 0.4) is 0 Å². The van der Waals surface area contributed by atoms with Gasteiger partial charge in [-0.05, 0) is 29.9 Å². The minimum absolute atomic E-state index is 0.0495. The molecule has 2 aromatic carbocycles. The molecule has 7 nitrogen and oxygen atoms in total. The van der Waals surface area contributed by atoms with E-state index in [2.05, 4.69) is 10.1 Å². The van der Waals surface area contributed by atoms with Crippen molar-refractivity contribution in [2.24, 2.45) is 5.10 Å². The first-order chi connectivity index (χ1) is 14.5. The zero-order chi connectivity index (χ0) is 21.3. The molecule has 1 aromatic heterocycles. The molecule has 1 aliphatic rings. The number of aromatic amines is 1. The van der Waals surface area contributed by atoms with E-state index in [0.717, 1.165) is 26.4 Å². The molecular weight excluding hydrogens is 424 g/mol. The van der Waals surface area contributed by atoms with Crippen LogP contribution >= 0.6 is 23.8 Å². The van der Waals surface area contributed by atoms with Crippen LogP contribution < -0.4 is 0 Å². The van der Waals surface area contributed by atoms with Crippen molar-refractivity contribution in [2.75, 3.05) is 0 Å². The molecule has 0 saturated carbocycles. The topological polar surface area (TPSA) is 85.8 Å². The number of nitrogens with zero attached hydrogens (tertiary/aromatic N) is 3. The highest BCUT2D eigenvalue weighted by molar-refractivity contribution is 7.80. The summed E-state index contributed by atoms with van der Waals surface area (Å²) in [6.07, 6.45) is 2.54. The molecule has 0 atom stereocenters. The lowest BCUT2D eigenvalue weighted by Crippen LogP contribution is -2.55. The zero-order valence-corrected chi connectivity index (χ0v) is 17.1. The molecule has 0 spiro atoms. The van der Waals surface area contributed by atoms with E-state index in [1.807, 2.05) is 24.3 Å². The van der Waals surface area contributed by atoms with Gasteiger partial charge in [-0.2, -0.15) is 10.1 Å². The Morgan fingerprint density at radius 2 is 1.87 bits per heavy atom. The summed E-state index contributed by atoms with van der Waals surface area (Å²) in [5.41, 5.74) is 2.19. The second kappa shape index (κ2) is 8.17. The Kier molecular flexibility index (Phi) is 5.43. The van der Waals surface area contributed by atoms with Gasteiger partial charge in [0.15, 0.2) is 0 Å². The first-order valence-electron chi connectivity index (χ1n) is 9.02. The molecule has 3 aromatic rings. The van der Waals surface area contributed by atoms with Crippen LogP contribution in [0.5, 0.6) is 0 Å². The number of amides is 3. The molecule has 0 radical (unpaired) electrons. The number of para-hydroxylation sites is 1. The van der Waals surface area contributed by atoms with Crippen LogP contribution in [-0.2, 0) is 20.8 Å². The fourth-order valence-corrected chi connectivity index (χ4v) is 3.71. The number of imide groups is 1. The minimum atomic E-state index is -0.668. The molecular formula is C21H15ClN4O3S. The maximum absolute atomic E-state index is 12.9. The summed E-state index contributed by atoms with van der Waals surface area (Å²) in [5, 5.41) is 6.00. The van der Waals surface area contributed by atoms with E-state index >= 15 is 0 Å². The van der Waals surface area contributed by atoms with Gasteiger partial charge in [0, 0.05) is 27.7 Å². The summed E-state index contributed by atoms with van der Waals surface area (Å²) in [6, 6.07) is 14.5. The Hall–Kier alpha value is -3.36. The summed E-state index contributed by atoms with van der Waals surface area (Å²) in [6.45, 7) is 0. The van der Waals surface area contributed by atoms with Gasteiger partial charge in [0.2, 0.25) is 16.9 Å². The van der Waals surface area contributed by atoms with Crippen LogP contribution in [-0.4, -0.2) is 43.9 Å². The van der Waals surface area contributed by atoms with Gasteiger partial charge in [0.05, 0.1) is 12.6 Å². The number of H-pyrrole nitrogens is 1. The number of hydrogen-bond donors (Lipinski definition) is 1. The molecule has 1 saturated heterocycles. The zero-order valence-electron chi connectivity index (χ0n) is 15.5. The average Bonchev–Trinajstić information content (AvgIpc) is 3.12. The number of halogens is 1. The van der Waals surface area contributed by atoms with Crippen molar-refractivity contribution in [2.45, 2.75) is 12.8 Å². The van der Waals surface area contributed by atoms with Crippen LogP contribution in [0.1, 0.15) is 17.5 Å². The van der Waals surface area contributed by atoms with Crippen molar-refractivity contribution in [3.63, 3.8) is 0 Å². The fourth-order valence-electron chi connectivity index (χ4n) is 3.17. The highest BCUT2D eigenvalue weighted by atomic mass is 35.5. The quantitative estimate of drug-likeness (QED) is 0.385. The van der Waals surface area contributed by atoms with E-state index in [4.69, 9.17) is 23.8 Å². The monoisotopic (exact) mass is 438 g/mol. The number of aromatic nitrogens is 1. The van der Waals surface area contributed by atoms with E-state index in [-0.39, 0.29) is 11.5 Å². The normalized spacial score (nSPS) is 14.9. The molecule has 30 heavy (non-hydrogen) atoms. The van der Waals surface area contributed by atoms with Crippen LogP contribution in [0.15, 0.2) is 59.8 Å². The van der Waals surface area contributed by atoms with Gasteiger partial charge in [0.25, 0.3) is 5.91 Å². The summed E-state index contributed by atoms with van der Waals surface area (Å²) < 4.78 is 0. The second-order valence-electron chi connectivity index (χ2n) is 6.59. The van der Waals surface area contributed by atoms with E-state index in [0.29, 0.717) is 10.6 Å². The maximum atomic E-state index is 12.9. The number of carbonyl (C=O) groups excluding carboxylic acids is 3. The number of rotatable bonds is 4. The largest absolute Gasteiger partial charge is 0.361 e. The molecule has 1 aliphatic heterocycles. The van der Waals surface area contributed by atoms with Gasteiger partial charge >= 0.3 is 0 Å². The Balaban J connectivity index is 1.57. The SMILES string of the molecule is O=C1CC(=O)N(C(=O)Cc2c[nH]c3ccccc23)C(=S)N1/N=C/c1ccccc1Cl. The molecule has 3 amide bonds. The van der Waals surface area contributed by atoms with Crippen molar-refractivity contribution < 1.29 is 14.4 Å². The predicted molar refractivity (Wildman–Crippen MR) is 117 cm³/mol. The second-order valence-corrected chi connectivity index (χ2v) is 7.36. The molecule has 4 rings (SSSR count). The number of hydrogen-bond acceptors (Lipinski definition) is 5. The molecule has 0 unspecified atom stereocenters. The van der Waals surface area contributed by atoms with Gasteiger partial charge < -0.3 is 4.98 Å². The van der Waals surface area contributed by atoms with E-state index in [1.54, 1.807) is 30.5 Å². The van der Waals surface area contributed by atoms with Crippen molar-refractivity contribution in [3.05, 3.63) is 70.9 Å². The average molecular weight is 439 g/mol. The van der Waals surface area contributed by atoms with Gasteiger partial charge in [0.1, 0.15) is 6.42 Å². The standard InChI is InChI=1S/C21H15ClN4O3S/c22-16-7-3-1-5-13(16)12-24-26-20(29)10-19(28)25(21(26)30)18(27)9-14-11-23-17-8-4-2-6-15(14)17/h1-8,11-12,23H,9-10H2/b24-12+. The van der Waals surface area contributed by atoms with E-state index in [9.17, 15) is 14.4 Å². The highest BCUT2D eigenvalue weighted by Crippen LogP contribution is 2.21. The number of carbonyl (C=O) groups is 3. The lowest BCUT2D eigenvalue weighted by molar-refractivity contribution is -0.146. The Bertz CT molecular complexity index is 1220. The van der Waals surface area contributed by atoms with Crippen LogP contribution in [0.4, 0.5) is 0 Å². The molecule has 2 heterocycles. The number of fused-ring (bicyclic) bond motifs is 1. The summed E-state index contributed by atoms with van der Waals surface area (Å²) in [4.78, 5) is 41.5. The third-order valence-electron chi connectivity index (χ3n) is 4.64. The summed E-state index contributed by atoms with van der Waals surface area (Å²) >= 11 is 11.3. The number of hydrazone groups is 1. The molecule has 1 N–H and O–H groups in total. The lowest BCUT2D eigenvalue weighted by atomic mass is 10.1. The van der Waals surface area contributed by atoms with Crippen LogP contribution in [0.2, 0.25) is 5.02 Å². The third-order valence-corrected chi connectivity index (χ3v) is 5.34. The summed E-state index contributed by atoms with van der Waals surface area (Å²) in [5.74, 6) is -1.80. The van der Waals surface area contributed by atoms with Crippen LogP contribution in [0, 0.1) is 0 Å².